The lowest BCUT2D eigenvalue weighted by Gasteiger charge is -2.01. The van der Waals surface area contributed by atoms with Crippen LogP contribution in [0.5, 0.6) is 11.5 Å². The molecular formula is C8H7NO2. The quantitative estimate of drug-likeness (QED) is 0.616. The zero-order chi connectivity index (χ0) is 8.27. The Hall–Kier alpha value is -1.69. The molecule has 0 amide bonds. The van der Waals surface area contributed by atoms with Crippen LogP contribution in [0.1, 0.15) is 5.56 Å². The number of hydrogen-bond acceptors (Lipinski definition) is 3. The van der Waals surface area contributed by atoms with Crippen LogP contribution in [-0.2, 0) is 0 Å². The summed E-state index contributed by atoms with van der Waals surface area (Å²) in [6, 6.07) is 4.98. The summed E-state index contributed by atoms with van der Waals surface area (Å²) in [5.74, 6) is 0.224. The van der Waals surface area contributed by atoms with Crippen molar-refractivity contribution in [1.82, 2.24) is 0 Å². The van der Waals surface area contributed by atoms with E-state index >= 15 is 0 Å². The molecule has 56 valence electrons. The number of phenolic OH excluding ortho intramolecular Hbond substituents is 1. The van der Waals surface area contributed by atoms with Gasteiger partial charge in [-0.25, -0.2) is 0 Å². The van der Waals surface area contributed by atoms with Crippen LogP contribution in [0.2, 0.25) is 0 Å². The summed E-state index contributed by atoms with van der Waals surface area (Å²) in [5.41, 5.74) is 0.692. The molecule has 0 aliphatic rings. The number of aromatic hydroxyl groups is 1. The predicted molar refractivity (Wildman–Crippen MR) is 39.1 cm³/mol. The molecule has 0 aliphatic carbocycles. The second kappa shape index (κ2) is 2.93. The minimum Gasteiger partial charge on any atom is -0.504 e. The fourth-order valence-electron chi connectivity index (χ4n) is 0.764. The van der Waals surface area contributed by atoms with Gasteiger partial charge in [-0.1, -0.05) is 12.1 Å². The first-order valence-electron chi connectivity index (χ1n) is 3.10. The minimum atomic E-state index is 0.0223. The van der Waals surface area contributed by atoms with Gasteiger partial charge in [0, 0.05) is 0 Å². The van der Waals surface area contributed by atoms with Gasteiger partial charge in [0.05, 0.1) is 0 Å². The molecule has 0 aliphatic heterocycles. The first-order valence-corrected chi connectivity index (χ1v) is 3.10. The summed E-state index contributed by atoms with van der Waals surface area (Å²) in [5, 5.41) is 17.4. The van der Waals surface area contributed by atoms with Crippen molar-refractivity contribution in [2.75, 3.05) is 0 Å². The lowest BCUT2D eigenvalue weighted by molar-refractivity contribution is 0.418. The van der Waals surface area contributed by atoms with E-state index in [2.05, 4.69) is 4.74 Å². The molecule has 1 N–H and O–H groups in total. The highest BCUT2D eigenvalue weighted by Gasteiger charge is 2.02. The number of aryl methyl sites for hydroxylation is 1. The van der Waals surface area contributed by atoms with Gasteiger partial charge in [-0.15, -0.1) is 5.26 Å². The molecule has 0 unspecified atom stereocenters. The van der Waals surface area contributed by atoms with E-state index in [0.29, 0.717) is 5.56 Å². The number of benzene rings is 1. The highest BCUT2D eigenvalue weighted by molar-refractivity contribution is 5.44. The average molecular weight is 149 g/mol. The molecule has 1 rings (SSSR count). The van der Waals surface area contributed by atoms with Crippen LogP contribution < -0.4 is 4.74 Å². The fraction of sp³-hybridized carbons (Fsp3) is 0.125. The van der Waals surface area contributed by atoms with E-state index in [9.17, 15) is 5.11 Å². The van der Waals surface area contributed by atoms with E-state index in [4.69, 9.17) is 5.26 Å². The lowest BCUT2D eigenvalue weighted by atomic mass is 10.2. The minimum absolute atomic E-state index is 0.0223. The Morgan fingerprint density at radius 3 is 2.91 bits per heavy atom. The summed E-state index contributed by atoms with van der Waals surface area (Å²) in [6.07, 6.45) is 1.49. The van der Waals surface area contributed by atoms with Crippen molar-refractivity contribution in [3.63, 3.8) is 0 Å². The molecule has 0 saturated heterocycles. The molecule has 1 aromatic rings. The standard InChI is InChI=1S/C8H7NO2/c1-6-3-2-4-7(8(6)10)11-5-9/h2-4,10H,1H3. The van der Waals surface area contributed by atoms with E-state index in [1.54, 1.807) is 19.1 Å². The molecule has 11 heavy (non-hydrogen) atoms. The van der Waals surface area contributed by atoms with Crippen molar-refractivity contribution < 1.29 is 9.84 Å². The number of para-hydroxylation sites is 1. The maximum Gasteiger partial charge on any atom is 0.292 e. The highest BCUT2D eigenvalue weighted by Crippen LogP contribution is 2.28. The number of hydrogen-bond donors (Lipinski definition) is 1. The summed E-state index contributed by atoms with van der Waals surface area (Å²) in [4.78, 5) is 0. The first kappa shape index (κ1) is 7.42. The second-order valence-corrected chi connectivity index (χ2v) is 2.12. The van der Waals surface area contributed by atoms with Crippen molar-refractivity contribution in [2.45, 2.75) is 6.92 Å². The van der Waals surface area contributed by atoms with Gasteiger partial charge in [0.2, 0.25) is 0 Å². The molecule has 1 aromatic carbocycles. The van der Waals surface area contributed by atoms with Gasteiger partial charge in [-0.05, 0) is 18.6 Å². The molecule has 3 heteroatoms. The van der Waals surface area contributed by atoms with Crippen LogP contribution >= 0.6 is 0 Å². The van der Waals surface area contributed by atoms with Crippen molar-refractivity contribution in [3.05, 3.63) is 23.8 Å². The molecule has 0 aromatic heterocycles. The average Bonchev–Trinajstić information content (AvgIpc) is 1.99. The maximum absolute atomic E-state index is 9.25. The zero-order valence-electron chi connectivity index (χ0n) is 6.03. The van der Waals surface area contributed by atoms with Gasteiger partial charge in [0.25, 0.3) is 6.26 Å². The monoisotopic (exact) mass is 149 g/mol. The first-order chi connectivity index (χ1) is 5.25. The van der Waals surface area contributed by atoms with Gasteiger partial charge < -0.3 is 9.84 Å². The zero-order valence-corrected chi connectivity index (χ0v) is 6.03. The van der Waals surface area contributed by atoms with Crippen molar-refractivity contribution in [3.8, 4) is 17.8 Å². The molecule has 3 nitrogen and oxygen atoms in total. The van der Waals surface area contributed by atoms with Gasteiger partial charge in [-0.3, -0.25) is 0 Å². The van der Waals surface area contributed by atoms with E-state index in [-0.39, 0.29) is 11.5 Å². The van der Waals surface area contributed by atoms with E-state index in [1.807, 2.05) is 0 Å². The summed E-state index contributed by atoms with van der Waals surface area (Å²) >= 11 is 0. The summed E-state index contributed by atoms with van der Waals surface area (Å²) < 4.78 is 4.47. The van der Waals surface area contributed by atoms with E-state index in [0.717, 1.165) is 0 Å². The molecule has 0 radical (unpaired) electrons. The Balaban J connectivity index is 3.08. The smallest absolute Gasteiger partial charge is 0.292 e. The Morgan fingerprint density at radius 2 is 2.27 bits per heavy atom. The molecule has 0 saturated carbocycles. The molecule has 0 heterocycles. The third-order valence-corrected chi connectivity index (χ3v) is 1.36. The van der Waals surface area contributed by atoms with Crippen molar-refractivity contribution >= 4 is 0 Å². The molecule has 0 atom stereocenters. The lowest BCUT2D eigenvalue weighted by Crippen LogP contribution is -1.83. The normalized spacial score (nSPS) is 8.73. The van der Waals surface area contributed by atoms with E-state index < -0.39 is 0 Å². The number of nitriles is 1. The van der Waals surface area contributed by atoms with Crippen LogP contribution in [0.3, 0.4) is 0 Å². The molecule has 0 fully saturated rings. The number of ether oxygens (including phenoxy) is 1. The van der Waals surface area contributed by atoms with Crippen LogP contribution in [-0.4, -0.2) is 5.11 Å². The van der Waals surface area contributed by atoms with Crippen LogP contribution in [0.25, 0.3) is 0 Å². The Labute approximate surface area is 64.5 Å². The molecule has 0 bridgehead atoms. The second-order valence-electron chi connectivity index (χ2n) is 2.12. The SMILES string of the molecule is Cc1cccc(OC#N)c1O. The Kier molecular flexibility index (Phi) is 1.98. The van der Waals surface area contributed by atoms with Gasteiger partial charge >= 0.3 is 0 Å². The summed E-state index contributed by atoms with van der Waals surface area (Å²) in [7, 11) is 0. The summed E-state index contributed by atoms with van der Waals surface area (Å²) in [6.45, 7) is 1.74. The van der Waals surface area contributed by atoms with Crippen LogP contribution in [0.15, 0.2) is 18.2 Å². The topological polar surface area (TPSA) is 53.2 Å². The predicted octanol–water partition coefficient (Wildman–Crippen LogP) is 1.56. The number of nitrogens with zero attached hydrogens (tertiary/aromatic N) is 1. The third kappa shape index (κ3) is 1.41. The number of rotatable bonds is 1. The largest absolute Gasteiger partial charge is 0.504 e. The van der Waals surface area contributed by atoms with Gasteiger partial charge in [0.1, 0.15) is 0 Å². The maximum atomic E-state index is 9.25. The molecule has 0 spiro atoms. The fourth-order valence-corrected chi connectivity index (χ4v) is 0.764. The number of phenols is 1. The van der Waals surface area contributed by atoms with Crippen LogP contribution in [0.4, 0.5) is 0 Å². The molecular weight excluding hydrogens is 142 g/mol. The van der Waals surface area contributed by atoms with E-state index in [1.165, 1.54) is 12.3 Å². The van der Waals surface area contributed by atoms with Crippen LogP contribution in [0, 0.1) is 18.4 Å². The third-order valence-electron chi connectivity index (χ3n) is 1.36. The Morgan fingerprint density at radius 1 is 1.55 bits per heavy atom. The van der Waals surface area contributed by atoms with Crippen molar-refractivity contribution in [2.24, 2.45) is 0 Å². The Bertz CT molecular complexity index is 301. The van der Waals surface area contributed by atoms with Crippen molar-refractivity contribution in [1.29, 1.82) is 5.26 Å². The highest BCUT2D eigenvalue weighted by atomic mass is 16.5. The van der Waals surface area contributed by atoms with Gasteiger partial charge in [0.15, 0.2) is 11.5 Å². The van der Waals surface area contributed by atoms with Gasteiger partial charge in [-0.2, -0.15) is 0 Å².